The van der Waals surface area contributed by atoms with E-state index in [-0.39, 0.29) is 22.6 Å². The fourth-order valence-corrected chi connectivity index (χ4v) is 9.42. The number of carbonyl (C=O) groups excluding carboxylic acids is 1. The zero-order valence-corrected chi connectivity index (χ0v) is 24.4. The molecule has 0 aliphatic carbocycles. The summed E-state index contributed by atoms with van der Waals surface area (Å²) in [7, 11) is -2.57. The molecule has 0 heterocycles. The Labute approximate surface area is 252 Å². The number of nitrogens with one attached hydrogen (secondary N) is 1. The van der Waals surface area contributed by atoms with E-state index in [1.54, 1.807) is 30.3 Å². The van der Waals surface area contributed by atoms with Gasteiger partial charge in [0.15, 0.2) is 0 Å². The lowest BCUT2D eigenvalue weighted by atomic mass is 10.2. The highest BCUT2D eigenvalue weighted by Crippen LogP contribution is 2.59. The lowest BCUT2D eigenvalue weighted by molar-refractivity contribution is -0.167. The number of amides is 1. The van der Waals surface area contributed by atoms with Crippen LogP contribution in [0.25, 0.3) is 0 Å². The summed E-state index contributed by atoms with van der Waals surface area (Å²) in [6.45, 7) is 0. The van der Waals surface area contributed by atoms with Crippen molar-refractivity contribution >= 4 is 58.0 Å². The SMILES string of the molecule is O=C(Nc1cc(Cl)c(Oc2ccccc2Cl)cc1C[P+](c1ccccc1)(c1ccccc1)c1ccccc1)C(F)(F)F. The van der Waals surface area contributed by atoms with Crippen LogP contribution < -0.4 is 26.0 Å². The molecule has 5 aromatic rings. The van der Waals surface area contributed by atoms with Gasteiger partial charge in [-0.25, -0.2) is 0 Å². The molecule has 0 bridgehead atoms. The Morgan fingerprint density at radius 3 is 1.62 bits per heavy atom. The smallest absolute Gasteiger partial charge is 0.454 e. The summed E-state index contributed by atoms with van der Waals surface area (Å²) in [5.74, 6) is -1.57. The maximum Gasteiger partial charge on any atom is 0.471 e. The van der Waals surface area contributed by atoms with Gasteiger partial charge in [0.25, 0.3) is 0 Å². The first-order valence-corrected chi connectivity index (χ1v) is 15.6. The maximum atomic E-state index is 13.4. The Bertz CT molecular complexity index is 1590. The van der Waals surface area contributed by atoms with Crippen LogP contribution in [0.5, 0.6) is 11.5 Å². The van der Waals surface area contributed by atoms with Crippen LogP contribution in [0.15, 0.2) is 127 Å². The Morgan fingerprint density at radius 2 is 1.14 bits per heavy atom. The minimum absolute atomic E-state index is 0.0132. The summed E-state index contributed by atoms with van der Waals surface area (Å²) in [6, 6.07) is 39.2. The van der Waals surface area contributed by atoms with E-state index in [9.17, 15) is 18.0 Å². The lowest BCUT2D eigenvalue weighted by Crippen LogP contribution is -2.33. The second-order valence-electron chi connectivity index (χ2n) is 9.40. The van der Waals surface area contributed by atoms with E-state index < -0.39 is 19.3 Å². The van der Waals surface area contributed by atoms with E-state index in [0.717, 1.165) is 15.9 Å². The monoisotopic (exact) mass is 624 g/mol. The molecule has 5 rings (SSSR count). The van der Waals surface area contributed by atoms with E-state index in [2.05, 4.69) is 5.32 Å². The molecular weight excluding hydrogens is 601 g/mol. The van der Waals surface area contributed by atoms with Crippen LogP contribution in [0.4, 0.5) is 18.9 Å². The highest BCUT2D eigenvalue weighted by Gasteiger charge is 2.46. The number of hydrogen-bond donors (Lipinski definition) is 1. The van der Waals surface area contributed by atoms with E-state index >= 15 is 0 Å². The van der Waals surface area contributed by atoms with E-state index in [1.807, 2.05) is 91.0 Å². The van der Waals surface area contributed by atoms with Crippen molar-refractivity contribution < 1.29 is 22.7 Å². The third kappa shape index (κ3) is 6.32. The van der Waals surface area contributed by atoms with Crippen LogP contribution in [0, 0.1) is 0 Å². The maximum absolute atomic E-state index is 13.4. The first-order chi connectivity index (χ1) is 20.2. The molecule has 0 fully saturated rings. The predicted octanol–water partition coefficient (Wildman–Crippen LogP) is 8.78. The summed E-state index contributed by atoms with van der Waals surface area (Å²) in [5.41, 5.74) is 0.366. The van der Waals surface area contributed by atoms with Crippen molar-refractivity contribution in [3.05, 3.63) is 143 Å². The molecule has 42 heavy (non-hydrogen) atoms. The second-order valence-corrected chi connectivity index (χ2v) is 13.7. The minimum Gasteiger partial charge on any atom is -0.454 e. The number of ether oxygens (including phenoxy) is 1. The van der Waals surface area contributed by atoms with E-state index in [1.165, 1.54) is 6.07 Å². The molecule has 0 saturated carbocycles. The van der Waals surface area contributed by atoms with Crippen LogP contribution in [0.2, 0.25) is 10.0 Å². The van der Waals surface area contributed by atoms with Crippen molar-refractivity contribution in [2.45, 2.75) is 12.3 Å². The Hall–Kier alpha value is -3.83. The first-order valence-electron chi connectivity index (χ1n) is 12.9. The predicted molar refractivity (Wildman–Crippen MR) is 167 cm³/mol. The largest absolute Gasteiger partial charge is 0.471 e. The highest BCUT2D eigenvalue weighted by molar-refractivity contribution is 7.95. The van der Waals surface area contributed by atoms with Gasteiger partial charge in [-0.15, -0.1) is 0 Å². The van der Waals surface area contributed by atoms with Gasteiger partial charge in [0, 0.05) is 11.3 Å². The molecule has 0 aliphatic heterocycles. The molecule has 9 heteroatoms. The average molecular weight is 625 g/mol. The molecule has 5 aromatic carbocycles. The average Bonchev–Trinajstić information content (AvgIpc) is 3.00. The van der Waals surface area contributed by atoms with E-state index in [4.69, 9.17) is 27.9 Å². The van der Waals surface area contributed by atoms with Crippen LogP contribution in [0.1, 0.15) is 5.56 Å². The molecule has 1 amide bonds. The van der Waals surface area contributed by atoms with Gasteiger partial charge < -0.3 is 10.1 Å². The van der Waals surface area contributed by atoms with Gasteiger partial charge in [-0.05, 0) is 60.7 Å². The summed E-state index contributed by atoms with van der Waals surface area (Å²) in [5, 5.41) is 5.45. The Morgan fingerprint density at radius 1 is 0.667 bits per heavy atom. The molecule has 212 valence electrons. The Kier molecular flexibility index (Phi) is 8.88. The van der Waals surface area contributed by atoms with Crippen LogP contribution in [-0.2, 0) is 11.0 Å². The highest BCUT2D eigenvalue weighted by atomic mass is 35.5. The van der Waals surface area contributed by atoms with Gasteiger partial charge in [-0.2, -0.15) is 13.2 Å². The standard InChI is InChI=1S/C33H23Cl2F3NO2P/c34-27-18-10-11-19-30(27)41-31-20-23(29(21-28(31)35)39-32(40)33(36,37)38)22-42(24-12-4-1-5-13-24,25-14-6-2-7-15-25)26-16-8-3-9-17-26/h1-21H,22H2/p+1. The molecule has 0 saturated heterocycles. The third-order valence-corrected chi connectivity index (χ3v) is 11.7. The van der Waals surface area contributed by atoms with Gasteiger partial charge in [-0.3, -0.25) is 4.79 Å². The molecule has 0 aromatic heterocycles. The summed E-state index contributed by atoms with van der Waals surface area (Å²) in [4.78, 5) is 12.2. The van der Waals surface area contributed by atoms with E-state index in [0.29, 0.717) is 16.3 Å². The molecule has 3 nitrogen and oxygen atoms in total. The fourth-order valence-electron chi connectivity index (χ4n) is 4.78. The molecule has 0 spiro atoms. The zero-order chi connectivity index (χ0) is 29.7. The molecule has 0 atom stereocenters. The molecule has 0 aliphatic rings. The van der Waals surface area contributed by atoms with Gasteiger partial charge in [0.1, 0.15) is 40.8 Å². The zero-order valence-electron chi connectivity index (χ0n) is 22.0. The number of benzene rings is 5. The third-order valence-electron chi connectivity index (χ3n) is 6.72. The van der Waals surface area contributed by atoms with Gasteiger partial charge in [-0.1, -0.05) is 89.9 Å². The number of rotatable bonds is 8. The normalized spacial score (nSPS) is 11.6. The first kappa shape index (κ1) is 29.7. The van der Waals surface area contributed by atoms with Gasteiger partial charge in [0.2, 0.25) is 0 Å². The number of carbonyl (C=O) groups is 1. The van der Waals surface area contributed by atoms with Crippen LogP contribution >= 0.6 is 30.5 Å². The van der Waals surface area contributed by atoms with Gasteiger partial charge >= 0.3 is 12.1 Å². The minimum atomic E-state index is -5.10. The molecular formula is C33H24Cl2F3NO2P+. The fraction of sp³-hybridized carbons (Fsp3) is 0.0606. The van der Waals surface area contributed by atoms with Crippen molar-refractivity contribution in [1.29, 1.82) is 0 Å². The lowest BCUT2D eigenvalue weighted by Gasteiger charge is -2.29. The molecule has 0 radical (unpaired) electrons. The molecule has 0 unspecified atom stereocenters. The van der Waals surface area contributed by atoms with Crippen molar-refractivity contribution in [2.24, 2.45) is 0 Å². The van der Waals surface area contributed by atoms with Crippen LogP contribution in [0.3, 0.4) is 0 Å². The molecule has 1 N–H and O–H groups in total. The topological polar surface area (TPSA) is 38.3 Å². The quantitative estimate of drug-likeness (QED) is 0.175. The van der Waals surface area contributed by atoms with Gasteiger partial charge in [0.05, 0.1) is 10.0 Å². The van der Waals surface area contributed by atoms with Crippen molar-refractivity contribution in [1.82, 2.24) is 0 Å². The number of para-hydroxylation sites is 1. The summed E-state index contributed by atoms with van der Waals surface area (Å²) in [6.07, 6.45) is -4.84. The van der Waals surface area contributed by atoms with Crippen LogP contribution in [-0.4, -0.2) is 12.1 Å². The number of alkyl halides is 3. The van der Waals surface area contributed by atoms with Crippen molar-refractivity contribution in [3.63, 3.8) is 0 Å². The Balaban J connectivity index is 1.75. The van der Waals surface area contributed by atoms with Crippen molar-refractivity contribution in [3.8, 4) is 11.5 Å². The van der Waals surface area contributed by atoms with Crippen molar-refractivity contribution in [2.75, 3.05) is 5.32 Å². The summed E-state index contributed by atoms with van der Waals surface area (Å²) >= 11 is 12.9. The summed E-state index contributed by atoms with van der Waals surface area (Å²) < 4.78 is 46.4. The second kappa shape index (κ2) is 12.6. The number of anilines is 1. The number of halogens is 5. The number of hydrogen-bond acceptors (Lipinski definition) is 2.